The summed E-state index contributed by atoms with van der Waals surface area (Å²) < 4.78 is 1.54. The molecule has 0 amide bonds. The van der Waals surface area contributed by atoms with Crippen LogP contribution in [0.3, 0.4) is 0 Å². The van der Waals surface area contributed by atoms with Crippen LogP contribution in [0.5, 0.6) is 0 Å². The van der Waals surface area contributed by atoms with E-state index in [-0.39, 0.29) is 11.9 Å². The van der Waals surface area contributed by atoms with E-state index in [0.717, 1.165) is 5.69 Å². The Bertz CT molecular complexity index is 318. The van der Waals surface area contributed by atoms with Gasteiger partial charge in [-0.15, -0.1) is 0 Å². The van der Waals surface area contributed by atoms with Gasteiger partial charge in [-0.05, 0) is 18.8 Å². The third-order valence-corrected chi connectivity index (χ3v) is 1.62. The van der Waals surface area contributed by atoms with E-state index in [2.05, 4.69) is 5.10 Å². The normalized spacial score (nSPS) is 12.8. The van der Waals surface area contributed by atoms with Crippen molar-refractivity contribution in [2.75, 3.05) is 0 Å². The summed E-state index contributed by atoms with van der Waals surface area (Å²) in [4.78, 5) is 9.84. The molecule has 1 heterocycles. The maximum Gasteiger partial charge on any atom is 0.390 e. The molecule has 0 bridgehead atoms. The molecule has 0 saturated carbocycles. The summed E-state index contributed by atoms with van der Waals surface area (Å²) in [5.41, 5.74) is 6.30. The Balaban J connectivity index is 2.90. The van der Waals surface area contributed by atoms with E-state index in [0.29, 0.717) is 6.54 Å². The second-order valence-corrected chi connectivity index (χ2v) is 3.06. The number of hydrogen-bond donors (Lipinski definition) is 1. The van der Waals surface area contributed by atoms with E-state index in [1.54, 1.807) is 11.6 Å². The number of nitrogens with two attached hydrogens (primary N) is 1. The number of hydrogen-bond acceptors (Lipinski definition) is 4. The first-order valence-corrected chi connectivity index (χ1v) is 3.95. The molecule has 72 valence electrons. The maximum absolute atomic E-state index is 10.4. The molecule has 1 aromatic heterocycles. The maximum atomic E-state index is 10.4. The zero-order chi connectivity index (χ0) is 10.0. The van der Waals surface area contributed by atoms with Gasteiger partial charge in [0.2, 0.25) is 0 Å². The molecule has 0 radical (unpaired) electrons. The van der Waals surface area contributed by atoms with E-state index in [4.69, 9.17) is 5.73 Å². The van der Waals surface area contributed by atoms with Crippen LogP contribution < -0.4 is 5.73 Å². The summed E-state index contributed by atoms with van der Waals surface area (Å²) >= 11 is 0. The van der Waals surface area contributed by atoms with Crippen LogP contribution in [0.2, 0.25) is 0 Å². The van der Waals surface area contributed by atoms with Crippen LogP contribution >= 0.6 is 0 Å². The molecule has 0 aliphatic heterocycles. The standard InChI is InChI=1S/C7H12N4O2/c1-5(8)4-10-6(2)3-7(9-10)11(12)13/h3,5H,4,8H2,1-2H3. The molecule has 0 saturated heterocycles. The molecule has 0 spiro atoms. The summed E-state index contributed by atoms with van der Waals surface area (Å²) in [7, 11) is 0. The van der Waals surface area contributed by atoms with E-state index < -0.39 is 4.92 Å². The molecule has 1 atom stereocenters. The average Bonchev–Trinajstić information content (AvgIpc) is 2.31. The van der Waals surface area contributed by atoms with Gasteiger partial charge in [0.05, 0.1) is 23.4 Å². The molecule has 1 aromatic rings. The Morgan fingerprint density at radius 2 is 2.46 bits per heavy atom. The minimum absolute atomic E-state index is 0.0572. The van der Waals surface area contributed by atoms with Crippen LogP contribution in [0.1, 0.15) is 12.6 Å². The lowest BCUT2D eigenvalue weighted by Gasteiger charge is -2.01. The average molecular weight is 184 g/mol. The van der Waals surface area contributed by atoms with Crippen molar-refractivity contribution in [2.24, 2.45) is 5.73 Å². The van der Waals surface area contributed by atoms with Gasteiger partial charge >= 0.3 is 5.82 Å². The molecule has 6 heteroatoms. The van der Waals surface area contributed by atoms with Gasteiger partial charge in [-0.2, -0.15) is 4.68 Å². The largest absolute Gasteiger partial charge is 0.390 e. The molecular weight excluding hydrogens is 172 g/mol. The molecule has 0 aromatic carbocycles. The van der Waals surface area contributed by atoms with Crippen LogP contribution in [0, 0.1) is 17.0 Å². The Hall–Kier alpha value is -1.43. The van der Waals surface area contributed by atoms with Gasteiger partial charge in [-0.3, -0.25) is 0 Å². The molecular formula is C7H12N4O2. The van der Waals surface area contributed by atoms with Gasteiger partial charge in [0.25, 0.3) is 0 Å². The first-order valence-electron chi connectivity index (χ1n) is 3.95. The lowest BCUT2D eigenvalue weighted by molar-refractivity contribution is -0.389. The number of nitro groups is 1. The van der Waals surface area contributed by atoms with Gasteiger partial charge in [0, 0.05) is 6.04 Å². The topological polar surface area (TPSA) is 87.0 Å². The number of nitrogens with zero attached hydrogens (tertiary/aromatic N) is 3. The van der Waals surface area contributed by atoms with Crippen LogP contribution in [0.25, 0.3) is 0 Å². The Labute approximate surface area is 75.5 Å². The zero-order valence-electron chi connectivity index (χ0n) is 7.60. The van der Waals surface area contributed by atoms with Gasteiger partial charge < -0.3 is 15.8 Å². The van der Waals surface area contributed by atoms with Gasteiger partial charge in [0.15, 0.2) is 0 Å². The SMILES string of the molecule is Cc1cc([N+](=O)[O-])nn1CC(C)N. The molecule has 0 aliphatic carbocycles. The highest BCUT2D eigenvalue weighted by Crippen LogP contribution is 2.10. The molecule has 1 unspecified atom stereocenters. The summed E-state index contributed by atoms with van der Waals surface area (Å²) in [5.74, 6) is -0.127. The minimum Gasteiger partial charge on any atom is -0.358 e. The molecule has 13 heavy (non-hydrogen) atoms. The first kappa shape index (κ1) is 9.66. The third-order valence-electron chi connectivity index (χ3n) is 1.62. The first-order chi connectivity index (χ1) is 6.00. The van der Waals surface area contributed by atoms with Crippen molar-refractivity contribution < 1.29 is 4.92 Å². The van der Waals surface area contributed by atoms with Crippen molar-refractivity contribution in [1.29, 1.82) is 0 Å². The minimum atomic E-state index is -0.509. The monoisotopic (exact) mass is 184 g/mol. The number of aryl methyl sites for hydroxylation is 1. The van der Waals surface area contributed by atoms with Gasteiger partial charge in [-0.1, -0.05) is 0 Å². The van der Waals surface area contributed by atoms with Crippen LogP contribution in [0.4, 0.5) is 5.82 Å². The highest BCUT2D eigenvalue weighted by Gasteiger charge is 2.15. The number of rotatable bonds is 3. The van der Waals surface area contributed by atoms with Crippen LogP contribution in [0.15, 0.2) is 6.07 Å². The van der Waals surface area contributed by atoms with E-state index in [9.17, 15) is 10.1 Å². The second-order valence-electron chi connectivity index (χ2n) is 3.06. The second kappa shape index (κ2) is 3.53. The predicted molar refractivity (Wildman–Crippen MR) is 47.3 cm³/mol. The Kier molecular flexibility index (Phi) is 2.62. The highest BCUT2D eigenvalue weighted by molar-refractivity contribution is 5.20. The lowest BCUT2D eigenvalue weighted by atomic mass is 10.3. The van der Waals surface area contributed by atoms with E-state index in [1.807, 2.05) is 6.92 Å². The highest BCUT2D eigenvalue weighted by atomic mass is 16.6. The van der Waals surface area contributed by atoms with Crippen molar-refractivity contribution in [3.63, 3.8) is 0 Å². The van der Waals surface area contributed by atoms with Crippen molar-refractivity contribution in [3.05, 3.63) is 21.9 Å². The third kappa shape index (κ3) is 2.25. The Morgan fingerprint density at radius 3 is 2.85 bits per heavy atom. The van der Waals surface area contributed by atoms with Crippen molar-refractivity contribution in [3.8, 4) is 0 Å². The van der Waals surface area contributed by atoms with E-state index >= 15 is 0 Å². The molecule has 1 rings (SSSR count). The molecule has 0 fully saturated rings. The van der Waals surface area contributed by atoms with E-state index in [1.165, 1.54) is 6.07 Å². The zero-order valence-corrected chi connectivity index (χ0v) is 7.60. The molecule has 0 aliphatic rings. The van der Waals surface area contributed by atoms with Crippen LogP contribution in [-0.2, 0) is 6.54 Å². The molecule has 2 N–H and O–H groups in total. The van der Waals surface area contributed by atoms with Crippen molar-refractivity contribution in [2.45, 2.75) is 26.4 Å². The summed E-state index contributed by atoms with van der Waals surface area (Å²) in [6, 6.07) is 1.38. The smallest absolute Gasteiger partial charge is 0.358 e. The van der Waals surface area contributed by atoms with Gasteiger partial charge in [0.1, 0.15) is 0 Å². The number of aromatic nitrogens is 2. The van der Waals surface area contributed by atoms with Crippen LogP contribution in [-0.4, -0.2) is 20.7 Å². The summed E-state index contributed by atoms with van der Waals surface area (Å²) in [6.07, 6.45) is 0. The van der Waals surface area contributed by atoms with Crippen molar-refractivity contribution >= 4 is 5.82 Å². The Morgan fingerprint density at radius 1 is 1.85 bits per heavy atom. The van der Waals surface area contributed by atoms with Gasteiger partial charge in [-0.25, -0.2) is 0 Å². The van der Waals surface area contributed by atoms with Crippen molar-refractivity contribution in [1.82, 2.24) is 9.78 Å². The quantitative estimate of drug-likeness (QED) is 0.545. The predicted octanol–water partition coefficient (Wildman–Crippen LogP) is 0.447. The fourth-order valence-electron chi connectivity index (χ4n) is 1.04. The fraction of sp³-hybridized carbons (Fsp3) is 0.571. The molecule has 6 nitrogen and oxygen atoms in total. The fourth-order valence-corrected chi connectivity index (χ4v) is 1.04. The lowest BCUT2D eigenvalue weighted by Crippen LogP contribution is -2.23. The summed E-state index contributed by atoms with van der Waals surface area (Å²) in [6.45, 7) is 4.09. The summed E-state index contributed by atoms with van der Waals surface area (Å²) in [5, 5.41) is 14.1.